The quantitative estimate of drug-likeness (QED) is 0.439. The lowest BCUT2D eigenvalue weighted by atomic mass is 10.1. The fraction of sp³-hybridized carbons (Fsp3) is 0.133. The van der Waals surface area contributed by atoms with Crippen LogP contribution in [0.1, 0.15) is 5.89 Å². The Morgan fingerprint density at radius 2 is 1.72 bits per heavy atom. The molecule has 18 heavy (non-hydrogen) atoms. The molecular weight excluding hydrogens is 226 g/mol. The summed E-state index contributed by atoms with van der Waals surface area (Å²) in [5.74, 6) is 0.891. The topological polar surface area (TPSA) is 30.2 Å². The molecule has 0 aliphatic heterocycles. The standard InChI is InChI=1S/C15H12NO2/c1-9-16(2)12-8-14-11(7-15(12)17-9)10-5-3-4-6-13(10)18-14/h3-8H,1-2H3/q+1. The van der Waals surface area contributed by atoms with Crippen molar-refractivity contribution in [3.8, 4) is 0 Å². The smallest absolute Gasteiger partial charge is 0.344 e. The fourth-order valence-corrected chi connectivity index (χ4v) is 2.48. The van der Waals surface area contributed by atoms with E-state index in [1.165, 1.54) is 0 Å². The predicted octanol–water partition coefficient (Wildman–Crippen LogP) is 3.47. The van der Waals surface area contributed by atoms with Gasteiger partial charge in [0, 0.05) is 10.8 Å². The highest BCUT2D eigenvalue weighted by Gasteiger charge is 2.18. The van der Waals surface area contributed by atoms with E-state index in [0.717, 1.165) is 38.9 Å². The first-order chi connectivity index (χ1) is 8.74. The van der Waals surface area contributed by atoms with E-state index in [1.54, 1.807) is 0 Å². The number of oxazole rings is 1. The highest BCUT2D eigenvalue weighted by Crippen LogP contribution is 2.31. The normalized spacial score (nSPS) is 11.9. The molecule has 2 aromatic carbocycles. The number of benzene rings is 2. The minimum Gasteiger partial charge on any atom is -0.456 e. The minimum atomic E-state index is 0.891. The van der Waals surface area contributed by atoms with Crippen molar-refractivity contribution in [2.45, 2.75) is 6.92 Å². The molecule has 0 atom stereocenters. The van der Waals surface area contributed by atoms with Crippen LogP contribution in [0.4, 0.5) is 0 Å². The zero-order chi connectivity index (χ0) is 12.3. The first-order valence-electron chi connectivity index (χ1n) is 5.94. The minimum absolute atomic E-state index is 0.891. The third-order valence-corrected chi connectivity index (χ3v) is 3.55. The maximum absolute atomic E-state index is 5.87. The summed E-state index contributed by atoms with van der Waals surface area (Å²) < 4.78 is 13.6. The molecule has 0 aliphatic rings. The van der Waals surface area contributed by atoms with Crippen molar-refractivity contribution < 1.29 is 13.4 Å². The van der Waals surface area contributed by atoms with Gasteiger partial charge in [-0.2, -0.15) is 4.57 Å². The Labute approximate surface area is 103 Å². The Bertz CT molecular complexity index is 899. The number of furan rings is 1. The van der Waals surface area contributed by atoms with Gasteiger partial charge in [-0.05, 0) is 12.1 Å². The van der Waals surface area contributed by atoms with Crippen LogP contribution in [-0.2, 0) is 7.05 Å². The maximum atomic E-state index is 5.87. The van der Waals surface area contributed by atoms with Crippen molar-refractivity contribution in [2.24, 2.45) is 7.05 Å². The highest BCUT2D eigenvalue weighted by molar-refractivity contribution is 6.08. The van der Waals surface area contributed by atoms with Gasteiger partial charge in [-0.1, -0.05) is 18.2 Å². The lowest BCUT2D eigenvalue weighted by Gasteiger charge is -1.87. The molecule has 0 fully saturated rings. The van der Waals surface area contributed by atoms with Crippen molar-refractivity contribution in [1.29, 1.82) is 0 Å². The second-order valence-corrected chi connectivity index (χ2v) is 4.59. The third-order valence-electron chi connectivity index (χ3n) is 3.55. The van der Waals surface area contributed by atoms with Crippen LogP contribution in [-0.4, -0.2) is 0 Å². The second kappa shape index (κ2) is 3.13. The molecule has 0 saturated heterocycles. The van der Waals surface area contributed by atoms with E-state index in [1.807, 2.05) is 42.8 Å². The van der Waals surface area contributed by atoms with Crippen LogP contribution >= 0.6 is 0 Å². The van der Waals surface area contributed by atoms with Gasteiger partial charge in [-0.15, -0.1) is 0 Å². The monoisotopic (exact) mass is 238 g/mol. The van der Waals surface area contributed by atoms with Crippen LogP contribution in [0.5, 0.6) is 0 Å². The third kappa shape index (κ3) is 1.11. The van der Waals surface area contributed by atoms with Gasteiger partial charge in [0.05, 0.1) is 13.0 Å². The Kier molecular flexibility index (Phi) is 1.69. The summed E-state index contributed by atoms with van der Waals surface area (Å²) in [5, 5.41) is 2.23. The molecule has 3 heteroatoms. The zero-order valence-corrected chi connectivity index (χ0v) is 10.2. The highest BCUT2D eigenvalue weighted by atomic mass is 16.4. The number of nitrogens with zero attached hydrogens (tertiary/aromatic N) is 1. The van der Waals surface area contributed by atoms with E-state index in [2.05, 4.69) is 12.1 Å². The molecule has 0 saturated carbocycles. The second-order valence-electron chi connectivity index (χ2n) is 4.59. The Balaban J connectivity index is 2.26. The van der Waals surface area contributed by atoms with Crippen LogP contribution in [0.2, 0.25) is 0 Å². The van der Waals surface area contributed by atoms with Crippen molar-refractivity contribution >= 4 is 33.0 Å². The molecule has 2 aromatic heterocycles. The van der Waals surface area contributed by atoms with Gasteiger partial charge >= 0.3 is 5.89 Å². The predicted molar refractivity (Wildman–Crippen MR) is 69.4 cm³/mol. The van der Waals surface area contributed by atoms with E-state index in [-0.39, 0.29) is 0 Å². The molecule has 0 radical (unpaired) electrons. The Morgan fingerprint density at radius 1 is 0.889 bits per heavy atom. The van der Waals surface area contributed by atoms with Gasteiger partial charge in [0.25, 0.3) is 5.52 Å². The molecule has 0 bridgehead atoms. The number of aryl methyl sites for hydroxylation is 2. The summed E-state index contributed by atoms with van der Waals surface area (Å²) in [5.41, 5.74) is 3.77. The molecular formula is C15H12NO2+. The number of fused-ring (bicyclic) bond motifs is 4. The molecule has 4 rings (SSSR count). The number of hydrogen-bond donors (Lipinski definition) is 0. The summed E-state index contributed by atoms with van der Waals surface area (Å²) in [6.45, 7) is 1.96. The summed E-state index contributed by atoms with van der Waals surface area (Å²) in [6.07, 6.45) is 0. The lowest BCUT2D eigenvalue weighted by Crippen LogP contribution is -2.28. The molecule has 3 nitrogen and oxygen atoms in total. The molecule has 0 amide bonds. The maximum Gasteiger partial charge on any atom is 0.344 e. The number of para-hydroxylation sites is 1. The van der Waals surface area contributed by atoms with Crippen LogP contribution in [0, 0.1) is 6.92 Å². The van der Waals surface area contributed by atoms with Crippen molar-refractivity contribution in [2.75, 3.05) is 0 Å². The average molecular weight is 238 g/mol. The fourth-order valence-electron chi connectivity index (χ4n) is 2.48. The van der Waals surface area contributed by atoms with Gasteiger partial charge in [0.1, 0.15) is 18.2 Å². The summed E-state index contributed by atoms with van der Waals surface area (Å²) in [4.78, 5) is 0. The van der Waals surface area contributed by atoms with Crippen LogP contribution in [0.15, 0.2) is 45.2 Å². The molecule has 4 aromatic rings. The zero-order valence-electron chi connectivity index (χ0n) is 10.2. The SMILES string of the molecule is Cc1oc2cc3c(cc2[n+]1C)oc1ccccc13. The van der Waals surface area contributed by atoms with Crippen LogP contribution in [0.25, 0.3) is 33.0 Å². The Morgan fingerprint density at radius 3 is 2.61 bits per heavy atom. The van der Waals surface area contributed by atoms with Crippen LogP contribution < -0.4 is 4.57 Å². The van der Waals surface area contributed by atoms with E-state index in [4.69, 9.17) is 8.83 Å². The van der Waals surface area contributed by atoms with Crippen molar-refractivity contribution in [3.05, 3.63) is 42.3 Å². The van der Waals surface area contributed by atoms with E-state index in [9.17, 15) is 0 Å². The molecule has 0 aliphatic carbocycles. The van der Waals surface area contributed by atoms with Crippen molar-refractivity contribution in [1.82, 2.24) is 0 Å². The van der Waals surface area contributed by atoms with Gasteiger partial charge in [0.2, 0.25) is 5.58 Å². The van der Waals surface area contributed by atoms with Crippen molar-refractivity contribution in [3.63, 3.8) is 0 Å². The molecule has 0 N–H and O–H groups in total. The summed E-state index contributed by atoms with van der Waals surface area (Å²) >= 11 is 0. The molecule has 0 spiro atoms. The molecule has 2 heterocycles. The first kappa shape index (κ1) is 9.71. The van der Waals surface area contributed by atoms with Gasteiger partial charge in [0.15, 0.2) is 0 Å². The van der Waals surface area contributed by atoms with E-state index in [0.29, 0.717) is 0 Å². The average Bonchev–Trinajstić information content (AvgIpc) is 2.87. The number of rotatable bonds is 0. The first-order valence-corrected chi connectivity index (χ1v) is 5.94. The number of hydrogen-bond acceptors (Lipinski definition) is 2. The van der Waals surface area contributed by atoms with Gasteiger partial charge < -0.3 is 8.83 Å². The largest absolute Gasteiger partial charge is 0.456 e. The Hall–Kier alpha value is -2.29. The molecule has 88 valence electrons. The van der Waals surface area contributed by atoms with Gasteiger partial charge in [-0.25, -0.2) is 0 Å². The van der Waals surface area contributed by atoms with E-state index < -0.39 is 0 Å². The van der Waals surface area contributed by atoms with E-state index >= 15 is 0 Å². The molecule has 0 unspecified atom stereocenters. The van der Waals surface area contributed by atoms with Gasteiger partial charge in [-0.3, -0.25) is 0 Å². The summed E-state index contributed by atoms with van der Waals surface area (Å²) in [6, 6.07) is 12.2. The van der Waals surface area contributed by atoms with Crippen LogP contribution in [0.3, 0.4) is 0 Å². The lowest BCUT2D eigenvalue weighted by molar-refractivity contribution is -0.656. The number of aromatic nitrogens is 1. The summed E-state index contributed by atoms with van der Waals surface area (Å²) in [7, 11) is 2.00.